The highest BCUT2D eigenvalue weighted by molar-refractivity contribution is 5.93. The maximum Gasteiger partial charge on any atom is 0.226 e. The van der Waals surface area contributed by atoms with Crippen LogP contribution in [0.2, 0.25) is 0 Å². The molecule has 110 valence electrons. The molecular formula is C15H22N2O3. The van der Waals surface area contributed by atoms with E-state index in [9.17, 15) is 4.79 Å². The standard InChI is InChI=1S/C15H22N2O3/c1-19-11-5-6-12(13(9-11)20-2)17-14(18)10-15(16)7-3-4-8-15/h5-6,9H,3-4,7-8,10,16H2,1-2H3,(H,17,18). The van der Waals surface area contributed by atoms with E-state index in [0.717, 1.165) is 25.7 Å². The van der Waals surface area contributed by atoms with Gasteiger partial charge in [-0.3, -0.25) is 4.79 Å². The molecule has 1 saturated carbocycles. The van der Waals surface area contributed by atoms with Crippen LogP contribution in [0.25, 0.3) is 0 Å². The van der Waals surface area contributed by atoms with Crippen LogP contribution in [0.4, 0.5) is 5.69 Å². The average Bonchev–Trinajstić information content (AvgIpc) is 2.85. The average molecular weight is 278 g/mol. The Morgan fingerprint density at radius 2 is 2.00 bits per heavy atom. The number of carbonyl (C=O) groups excluding carboxylic acids is 1. The molecule has 2 rings (SSSR count). The molecule has 1 amide bonds. The van der Waals surface area contributed by atoms with Crippen LogP contribution in [0.15, 0.2) is 18.2 Å². The zero-order chi connectivity index (χ0) is 14.6. The number of rotatable bonds is 5. The Hall–Kier alpha value is -1.75. The predicted molar refractivity (Wildman–Crippen MR) is 78.2 cm³/mol. The molecule has 5 nitrogen and oxygen atoms in total. The lowest BCUT2D eigenvalue weighted by atomic mass is 9.94. The Balaban J connectivity index is 2.03. The Kier molecular flexibility index (Phi) is 4.49. The molecule has 0 saturated heterocycles. The molecule has 20 heavy (non-hydrogen) atoms. The first-order valence-electron chi connectivity index (χ1n) is 6.87. The topological polar surface area (TPSA) is 73.6 Å². The molecule has 1 aliphatic carbocycles. The summed E-state index contributed by atoms with van der Waals surface area (Å²) >= 11 is 0. The third-order valence-corrected chi connectivity index (χ3v) is 3.79. The number of anilines is 1. The van der Waals surface area contributed by atoms with Gasteiger partial charge < -0.3 is 20.5 Å². The molecule has 0 aliphatic heterocycles. The Bertz CT molecular complexity index is 482. The van der Waals surface area contributed by atoms with Gasteiger partial charge in [0, 0.05) is 18.0 Å². The highest BCUT2D eigenvalue weighted by Crippen LogP contribution is 2.32. The van der Waals surface area contributed by atoms with Gasteiger partial charge in [-0.25, -0.2) is 0 Å². The van der Waals surface area contributed by atoms with Crippen molar-refractivity contribution in [3.05, 3.63) is 18.2 Å². The number of methoxy groups -OCH3 is 2. The van der Waals surface area contributed by atoms with Crippen LogP contribution in [-0.2, 0) is 4.79 Å². The first kappa shape index (κ1) is 14.7. The molecule has 0 spiro atoms. The molecule has 0 aromatic heterocycles. The molecule has 1 fully saturated rings. The van der Waals surface area contributed by atoms with E-state index in [1.165, 1.54) is 0 Å². The third kappa shape index (κ3) is 3.42. The van der Waals surface area contributed by atoms with Gasteiger partial charge in [0.05, 0.1) is 19.9 Å². The van der Waals surface area contributed by atoms with Gasteiger partial charge in [0.1, 0.15) is 11.5 Å². The summed E-state index contributed by atoms with van der Waals surface area (Å²) < 4.78 is 10.4. The highest BCUT2D eigenvalue weighted by atomic mass is 16.5. The molecule has 0 atom stereocenters. The minimum absolute atomic E-state index is 0.0714. The zero-order valence-corrected chi connectivity index (χ0v) is 12.1. The van der Waals surface area contributed by atoms with Crippen molar-refractivity contribution in [1.29, 1.82) is 0 Å². The van der Waals surface area contributed by atoms with Gasteiger partial charge in [-0.05, 0) is 25.0 Å². The van der Waals surface area contributed by atoms with E-state index < -0.39 is 0 Å². The maximum atomic E-state index is 12.1. The van der Waals surface area contributed by atoms with Crippen LogP contribution in [0.3, 0.4) is 0 Å². The maximum absolute atomic E-state index is 12.1. The summed E-state index contributed by atoms with van der Waals surface area (Å²) in [5, 5.41) is 2.87. The van der Waals surface area contributed by atoms with Crippen molar-refractivity contribution >= 4 is 11.6 Å². The van der Waals surface area contributed by atoms with E-state index in [0.29, 0.717) is 23.6 Å². The van der Waals surface area contributed by atoms with Crippen molar-refractivity contribution in [2.75, 3.05) is 19.5 Å². The van der Waals surface area contributed by atoms with Crippen LogP contribution >= 0.6 is 0 Å². The van der Waals surface area contributed by atoms with E-state index in [-0.39, 0.29) is 11.4 Å². The molecule has 0 bridgehead atoms. The van der Waals surface area contributed by atoms with Crippen LogP contribution < -0.4 is 20.5 Å². The highest BCUT2D eigenvalue weighted by Gasteiger charge is 2.31. The Morgan fingerprint density at radius 3 is 2.60 bits per heavy atom. The van der Waals surface area contributed by atoms with Crippen molar-refractivity contribution in [3.63, 3.8) is 0 Å². The summed E-state index contributed by atoms with van der Waals surface area (Å²) in [5.74, 6) is 1.19. The first-order chi connectivity index (χ1) is 9.56. The van der Waals surface area contributed by atoms with Crippen LogP contribution in [0, 0.1) is 0 Å². The van der Waals surface area contributed by atoms with Crippen LogP contribution in [0.5, 0.6) is 11.5 Å². The second-order valence-electron chi connectivity index (χ2n) is 5.36. The number of carbonyl (C=O) groups is 1. The van der Waals surface area contributed by atoms with Crippen molar-refractivity contribution in [2.24, 2.45) is 5.73 Å². The van der Waals surface area contributed by atoms with Gasteiger partial charge in [-0.1, -0.05) is 12.8 Å². The number of hydrogen-bond acceptors (Lipinski definition) is 4. The van der Waals surface area contributed by atoms with Gasteiger partial charge in [-0.2, -0.15) is 0 Å². The SMILES string of the molecule is COc1ccc(NC(=O)CC2(N)CCCC2)c(OC)c1. The van der Waals surface area contributed by atoms with Crippen molar-refractivity contribution < 1.29 is 14.3 Å². The second kappa shape index (κ2) is 6.13. The lowest BCUT2D eigenvalue weighted by Gasteiger charge is -2.22. The molecule has 1 aromatic carbocycles. The number of ether oxygens (including phenoxy) is 2. The predicted octanol–water partition coefficient (Wildman–Crippen LogP) is 2.30. The summed E-state index contributed by atoms with van der Waals surface area (Å²) in [7, 11) is 3.15. The van der Waals surface area contributed by atoms with Crippen molar-refractivity contribution in [2.45, 2.75) is 37.6 Å². The minimum Gasteiger partial charge on any atom is -0.497 e. The summed E-state index contributed by atoms with van der Waals surface area (Å²) in [4.78, 5) is 12.1. The molecule has 1 aliphatic rings. The zero-order valence-electron chi connectivity index (χ0n) is 12.1. The quantitative estimate of drug-likeness (QED) is 0.866. The molecule has 3 N–H and O–H groups in total. The van der Waals surface area contributed by atoms with Gasteiger partial charge >= 0.3 is 0 Å². The number of nitrogens with one attached hydrogen (secondary N) is 1. The second-order valence-corrected chi connectivity index (χ2v) is 5.36. The van der Waals surface area contributed by atoms with E-state index in [2.05, 4.69) is 5.32 Å². The fraction of sp³-hybridized carbons (Fsp3) is 0.533. The normalized spacial score (nSPS) is 16.8. The van der Waals surface area contributed by atoms with Crippen LogP contribution in [-0.4, -0.2) is 25.7 Å². The molecule has 1 aromatic rings. The summed E-state index contributed by atoms with van der Waals surface area (Å²) in [6.07, 6.45) is 4.40. The lowest BCUT2D eigenvalue weighted by Crippen LogP contribution is -2.40. The van der Waals surface area contributed by atoms with Gasteiger partial charge in [0.15, 0.2) is 0 Å². The molecule has 0 heterocycles. The number of benzene rings is 1. The van der Waals surface area contributed by atoms with Crippen LogP contribution in [0.1, 0.15) is 32.1 Å². The third-order valence-electron chi connectivity index (χ3n) is 3.79. The number of hydrogen-bond donors (Lipinski definition) is 2. The monoisotopic (exact) mass is 278 g/mol. The Labute approximate surface area is 119 Å². The molecular weight excluding hydrogens is 256 g/mol. The number of nitrogens with two attached hydrogens (primary N) is 1. The number of amides is 1. The summed E-state index contributed by atoms with van der Waals surface area (Å²) in [5.41, 5.74) is 6.51. The summed E-state index contributed by atoms with van der Waals surface area (Å²) in [6, 6.07) is 5.29. The van der Waals surface area contributed by atoms with E-state index in [1.807, 2.05) is 0 Å². The fourth-order valence-corrected chi connectivity index (χ4v) is 2.67. The Morgan fingerprint density at radius 1 is 1.30 bits per heavy atom. The van der Waals surface area contributed by atoms with Gasteiger partial charge in [0.25, 0.3) is 0 Å². The first-order valence-corrected chi connectivity index (χ1v) is 6.87. The minimum atomic E-state index is -0.343. The lowest BCUT2D eigenvalue weighted by molar-refractivity contribution is -0.117. The molecule has 0 unspecified atom stereocenters. The van der Waals surface area contributed by atoms with Crippen molar-refractivity contribution in [1.82, 2.24) is 0 Å². The molecule has 0 radical (unpaired) electrons. The largest absolute Gasteiger partial charge is 0.497 e. The van der Waals surface area contributed by atoms with E-state index in [1.54, 1.807) is 32.4 Å². The van der Waals surface area contributed by atoms with E-state index in [4.69, 9.17) is 15.2 Å². The van der Waals surface area contributed by atoms with E-state index >= 15 is 0 Å². The fourth-order valence-electron chi connectivity index (χ4n) is 2.67. The van der Waals surface area contributed by atoms with Gasteiger partial charge in [-0.15, -0.1) is 0 Å². The van der Waals surface area contributed by atoms with Gasteiger partial charge in [0.2, 0.25) is 5.91 Å². The smallest absolute Gasteiger partial charge is 0.226 e. The van der Waals surface area contributed by atoms with Crippen molar-refractivity contribution in [3.8, 4) is 11.5 Å². The summed E-state index contributed by atoms with van der Waals surface area (Å²) in [6.45, 7) is 0. The molecule has 5 heteroatoms.